The summed E-state index contributed by atoms with van der Waals surface area (Å²) in [7, 11) is 0. The predicted molar refractivity (Wildman–Crippen MR) is 332 cm³/mol. The third-order valence-corrected chi connectivity index (χ3v) is 19.0. The van der Waals surface area contributed by atoms with E-state index in [2.05, 4.69) is 10.6 Å². The van der Waals surface area contributed by atoms with E-state index in [9.17, 15) is 72.4 Å². The largest absolute Gasteiger partial charge is 0.505 e. The fraction of sp³-hybridized carbons (Fsp3) is 0.324. The molecule has 2 heterocycles. The summed E-state index contributed by atoms with van der Waals surface area (Å²) in [5.74, 6) is -15.1. The molecule has 2 aliphatic heterocycles. The Morgan fingerprint density at radius 3 is 2.02 bits per heavy atom. The van der Waals surface area contributed by atoms with E-state index in [-0.39, 0.29) is 66.8 Å². The first-order valence-corrected chi connectivity index (χ1v) is 30.5. The normalized spacial score (nSPS) is 24.6. The molecule has 5 aromatic carbocycles. The Bertz CT molecular complexity index is 4400. The molecule has 11 atom stereocenters. The Morgan fingerprint density at radius 2 is 1.40 bits per heavy atom. The maximum Gasteiger partial charge on any atom is 0.338 e. The number of amides is 2. The summed E-state index contributed by atoms with van der Waals surface area (Å²) >= 11 is 0. The van der Waals surface area contributed by atoms with Crippen molar-refractivity contribution in [2.75, 3.05) is 13.2 Å². The molecule has 2 amide bonds. The van der Waals surface area contributed by atoms with Crippen LogP contribution in [0.1, 0.15) is 114 Å². The highest BCUT2D eigenvalue weighted by Crippen LogP contribution is 2.65. The molecule has 1 saturated heterocycles. The van der Waals surface area contributed by atoms with Crippen LogP contribution in [0.15, 0.2) is 154 Å². The van der Waals surface area contributed by atoms with Crippen LogP contribution in [0.25, 0.3) is 33.4 Å². The number of carboxylic acids is 1. The maximum atomic E-state index is 16.5. The van der Waals surface area contributed by atoms with Gasteiger partial charge < -0.3 is 63.9 Å². The molecule has 2 saturated carbocycles. The number of rotatable bonds is 17. The number of hydrogen-bond donors (Lipinski definition) is 6. The number of ketones is 1. The second-order valence-electron chi connectivity index (χ2n) is 24.9. The van der Waals surface area contributed by atoms with Crippen LogP contribution in [0.5, 0.6) is 5.75 Å². The standard InChI is InChI=1S/C71H64F2N2O21/c1-34-51(93-67(88)58(81)57(37-16-10-7-11-17-37)75-64(84)38-18-12-8-13-19-38)32-71(89)62(95-66(87)39-20-14-9-15-21-39)60-69(6,61(82)59(91-35(2)76)56(34)68(71,4)5)52(31-53-70(60,33-90-53)96-36(3)77)94-54(80)24-25-74-63(83)40-22-23-41(42(26-40)65(85)86)55-43-27-45(72)47(78)29-49(43)92-50-30-48(79)46(73)28-44(50)55/h7-23,26-30,51-53,57-60,62,78,81,89H,24-25,31-33H2,1-6H3,(H,74,83)(H,75,84)(H,85,86)/t51-,52-,53+,57-,58+,59+,60-,62-,69+,70-,71+/m0/s1. The van der Waals surface area contributed by atoms with Crippen LogP contribution in [0.2, 0.25) is 0 Å². The van der Waals surface area contributed by atoms with Gasteiger partial charge in [-0.3, -0.25) is 33.6 Å². The maximum absolute atomic E-state index is 16.5. The minimum absolute atomic E-state index is 0.0261. The number of hydrogen-bond acceptors (Lipinski definition) is 20. The number of nitrogens with one attached hydrogen (secondary N) is 2. The van der Waals surface area contributed by atoms with E-state index in [0.29, 0.717) is 0 Å². The molecular weight excluding hydrogens is 1250 g/mol. The third-order valence-electron chi connectivity index (χ3n) is 19.0. The van der Waals surface area contributed by atoms with Crippen molar-refractivity contribution in [1.29, 1.82) is 0 Å². The van der Waals surface area contributed by atoms with Crippen molar-refractivity contribution in [3.05, 3.63) is 194 Å². The van der Waals surface area contributed by atoms with Crippen LogP contribution in [-0.4, -0.2) is 135 Å². The lowest BCUT2D eigenvalue weighted by atomic mass is 9.44. The highest BCUT2D eigenvalue weighted by molar-refractivity contribution is 6.09. The van der Waals surface area contributed by atoms with Gasteiger partial charge in [-0.25, -0.2) is 23.2 Å². The minimum Gasteiger partial charge on any atom is -0.505 e. The molecule has 0 aromatic heterocycles. The Hall–Kier alpha value is -10.5. The van der Waals surface area contributed by atoms with E-state index in [1.165, 1.54) is 76.2 Å². The quantitative estimate of drug-likeness (QED) is 0.0220. The summed E-state index contributed by atoms with van der Waals surface area (Å²) in [5.41, 5.74) is -11.3. The number of halogens is 2. The van der Waals surface area contributed by atoms with Crippen LogP contribution in [0.4, 0.5) is 8.78 Å². The molecule has 6 N–H and O–H groups in total. The molecule has 96 heavy (non-hydrogen) atoms. The van der Waals surface area contributed by atoms with Gasteiger partial charge >= 0.3 is 35.8 Å². The Morgan fingerprint density at radius 1 is 0.740 bits per heavy atom. The number of Topliss-reactive ketones (excluding diaryl/α,β-unsaturated/α-hetero) is 1. The number of phenols is 1. The number of phenolic OH excluding ortho intramolecular Hbond substituents is 1. The summed E-state index contributed by atoms with van der Waals surface area (Å²) in [6.45, 7) is 6.74. The highest BCUT2D eigenvalue weighted by atomic mass is 19.1. The zero-order valence-corrected chi connectivity index (χ0v) is 52.3. The number of esters is 5. The molecule has 11 rings (SSSR count). The molecule has 0 spiro atoms. The van der Waals surface area contributed by atoms with Crippen LogP contribution in [-0.2, 0) is 52.4 Å². The van der Waals surface area contributed by atoms with Crippen molar-refractivity contribution in [3.63, 3.8) is 0 Å². The van der Waals surface area contributed by atoms with Gasteiger partial charge in [0, 0.05) is 78.4 Å². The Labute approximate surface area is 545 Å². The molecule has 23 nitrogen and oxygen atoms in total. The van der Waals surface area contributed by atoms with Gasteiger partial charge in [-0.05, 0) is 84.7 Å². The Balaban J connectivity index is 0.948. The van der Waals surface area contributed by atoms with E-state index in [1.54, 1.807) is 54.6 Å². The van der Waals surface area contributed by atoms with Crippen molar-refractivity contribution in [2.24, 2.45) is 16.7 Å². The number of aliphatic hydroxyl groups is 2. The topological polar surface area (TPSA) is 344 Å². The number of carbonyl (C=O) groups is 9. The lowest BCUT2D eigenvalue weighted by molar-refractivity contribution is -0.346. The van der Waals surface area contributed by atoms with Gasteiger partial charge in [0.15, 0.2) is 41.0 Å². The molecule has 3 fully saturated rings. The SMILES string of the molecule is CC(=O)O[C@H]1C(=O)[C@]2(C)[C@@H](OC(=O)CCNC(=O)c3ccc(-c4c5cc(F)c(=O)cc-5oc5cc(O)c(F)cc45)c(C(=O)O)c3)C[C@H]3OC[C@@]3(OC(C)=O)[C@H]2[C@H](OC(=O)c2ccccc2)[C@]2(O)C[C@H](OC(=O)[C@H](O)[C@@H](NC(=O)c3ccccc3)c3ccccc3)C(C)=C1C2(C)C. The summed E-state index contributed by atoms with van der Waals surface area (Å²) in [5, 5.41) is 52.1. The number of aliphatic hydroxyl groups excluding tert-OH is 1. The summed E-state index contributed by atoms with van der Waals surface area (Å²) in [6.07, 6.45) is -12.8. The molecule has 5 aromatic rings. The van der Waals surface area contributed by atoms with Crippen LogP contribution in [0.3, 0.4) is 0 Å². The first kappa shape index (κ1) is 66.9. The van der Waals surface area contributed by atoms with Crippen LogP contribution >= 0.6 is 0 Å². The first-order chi connectivity index (χ1) is 45.5. The van der Waals surface area contributed by atoms with Crippen LogP contribution in [0, 0.1) is 28.4 Å². The van der Waals surface area contributed by atoms with Crippen molar-refractivity contribution in [2.45, 2.75) is 115 Å². The van der Waals surface area contributed by atoms with Crippen molar-refractivity contribution >= 4 is 64.4 Å². The highest BCUT2D eigenvalue weighted by Gasteiger charge is 2.79. The molecule has 2 bridgehead atoms. The zero-order valence-electron chi connectivity index (χ0n) is 52.3. The van der Waals surface area contributed by atoms with Gasteiger partial charge in [-0.1, -0.05) is 86.6 Å². The first-order valence-electron chi connectivity index (χ1n) is 30.5. The molecule has 25 heteroatoms. The predicted octanol–water partition coefficient (Wildman–Crippen LogP) is 7.67. The molecule has 0 unspecified atom stereocenters. The zero-order chi connectivity index (χ0) is 69.1. The van der Waals surface area contributed by atoms with Gasteiger partial charge in [-0.15, -0.1) is 0 Å². The van der Waals surface area contributed by atoms with Crippen molar-refractivity contribution in [3.8, 4) is 28.2 Å². The second kappa shape index (κ2) is 25.7. The number of fused-ring (bicyclic) bond motifs is 7. The fourth-order valence-corrected chi connectivity index (χ4v) is 14.2. The number of carbonyl (C=O) groups excluding carboxylic acids is 8. The van der Waals surface area contributed by atoms with E-state index in [4.69, 9.17) is 32.8 Å². The number of carboxylic acid groups (broad SMARTS) is 1. The lowest BCUT2D eigenvalue weighted by Gasteiger charge is -2.67. The monoisotopic (exact) mass is 1320 g/mol. The van der Waals surface area contributed by atoms with Gasteiger partial charge in [-0.2, -0.15) is 0 Å². The molecule has 6 aliphatic rings. The minimum atomic E-state index is -2.63. The number of ether oxygens (including phenoxy) is 6. The average molecular weight is 1320 g/mol. The number of aromatic carboxylic acids is 1. The van der Waals surface area contributed by atoms with Crippen molar-refractivity contribution in [1.82, 2.24) is 10.6 Å². The number of benzene rings is 6. The third kappa shape index (κ3) is 11.8. The smallest absolute Gasteiger partial charge is 0.338 e. The summed E-state index contributed by atoms with van der Waals surface area (Å²) < 4.78 is 73.0. The second-order valence-corrected chi connectivity index (χ2v) is 24.9. The van der Waals surface area contributed by atoms with Crippen LogP contribution < -0.4 is 16.1 Å². The van der Waals surface area contributed by atoms with E-state index in [1.807, 2.05) is 0 Å². The average Bonchev–Trinajstić information content (AvgIpc) is 0.668. The summed E-state index contributed by atoms with van der Waals surface area (Å²) in [6, 6.07) is 28.6. The number of aromatic hydroxyl groups is 1. The van der Waals surface area contributed by atoms with Gasteiger partial charge in [0.05, 0.1) is 41.5 Å². The summed E-state index contributed by atoms with van der Waals surface area (Å²) in [4.78, 5) is 141. The molecular formula is C71H64F2N2O21. The Kier molecular flexibility index (Phi) is 17.9. The van der Waals surface area contributed by atoms with Gasteiger partial charge in [0.25, 0.3) is 11.8 Å². The molecule has 0 radical (unpaired) electrons. The molecule has 498 valence electrons. The van der Waals surface area contributed by atoms with E-state index < -0.39 is 185 Å². The lowest BCUT2D eigenvalue weighted by Crippen LogP contribution is -2.82. The van der Waals surface area contributed by atoms with E-state index in [0.717, 1.165) is 44.2 Å². The fourth-order valence-electron chi connectivity index (χ4n) is 14.2. The van der Waals surface area contributed by atoms with Crippen molar-refractivity contribution < 1.29 is 105 Å². The molecule has 4 aliphatic carbocycles. The van der Waals surface area contributed by atoms with E-state index >= 15 is 4.79 Å². The van der Waals surface area contributed by atoms with Gasteiger partial charge in [0.2, 0.25) is 5.43 Å². The van der Waals surface area contributed by atoms with Gasteiger partial charge in [0.1, 0.15) is 41.4 Å².